The molecule has 1 aliphatic rings. The molecule has 0 aliphatic carbocycles. The quantitative estimate of drug-likeness (QED) is 0.785. The maximum absolute atomic E-state index is 12.9. The van der Waals surface area contributed by atoms with E-state index in [0.717, 1.165) is 0 Å². The van der Waals surface area contributed by atoms with Crippen LogP contribution in [0.4, 0.5) is 4.39 Å². The van der Waals surface area contributed by atoms with Crippen LogP contribution in [0.2, 0.25) is 0 Å². The fraction of sp³-hybridized carbons (Fsp3) is 0.778. The number of alkyl halides is 1. The number of hydrogen-bond donors (Lipinski definition) is 1. The third kappa shape index (κ3) is 1.77. The monoisotopic (exact) mass is 199 g/mol. The lowest BCUT2D eigenvalue weighted by Crippen LogP contribution is -2.14. The molecule has 0 bridgehead atoms. The summed E-state index contributed by atoms with van der Waals surface area (Å²) >= 11 is 0. The molecule has 0 unspecified atom stereocenters. The van der Waals surface area contributed by atoms with Crippen molar-refractivity contribution in [1.82, 2.24) is 15.5 Å². The smallest absolute Gasteiger partial charge is 0.243 e. The molecule has 14 heavy (non-hydrogen) atoms. The van der Waals surface area contributed by atoms with E-state index in [9.17, 15) is 4.39 Å². The fourth-order valence-corrected chi connectivity index (χ4v) is 1.50. The van der Waals surface area contributed by atoms with E-state index in [1.54, 1.807) is 0 Å². The number of rotatable bonds is 2. The van der Waals surface area contributed by atoms with Crippen LogP contribution in [0.25, 0.3) is 0 Å². The Hall–Kier alpha value is -0.970. The fourth-order valence-electron chi connectivity index (χ4n) is 1.50. The van der Waals surface area contributed by atoms with Gasteiger partial charge in [-0.25, -0.2) is 4.39 Å². The van der Waals surface area contributed by atoms with Gasteiger partial charge in [0.1, 0.15) is 6.17 Å². The summed E-state index contributed by atoms with van der Waals surface area (Å²) < 4.78 is 17.9. The summed E-state index contributed by atoms with van der Waals surface area (Å²) in [6.07, 6.45) is -0.367. The van der Waals surface area contributed by atoms with Crippen LogP contribution in [0.5, 0.6) is 0 Å². The highest BCUT2D eigenvalue weighted by molar-refractivity contribution is 4.99. The van der Waals surface area contributed by atoms with Crippen LogP contribution in [-0.2, 0) is 0 Å². The van der Waals surface area contributed by atoms with Gasteiger partial charge in [-0.3, -0.25) is 0 Å². The molecule has 4 nitrogen and oxygen atoms in total. The van der Waals surface area contributed by atoms with E-state index in [4.69, 9.17) is 4.52 Å². The van der Waals surface area contributed by atoms with E-state index in [1.165, 1.54) is 0 Å². The summed E-state index contributed by atoms with van der Waals surface area (Å²) in [5, 5.41) is 6.84. The molecule has 0 saturated carbocycles. The minimum atomic E-state index is -0.797. The molecule has 0 aromatic carbocycles. The van der Waals surface area contributed by atoms with Gasteiger partial charge in [-0.2, -0.15) is 4.98 Å². The average Bonchev–Trinajstić information content (AvgIpc) is 2.70. The molecule has 0 amide bonds. The number of nitrogens with one attached hydrogen (secondary N) is 1. The second kappa shape index (κ2) is 3.65. The molecule has 0 spiro atoms. The molecule has 1 fully saturated rings. The van der Waals surface area contributed by atoms with Crippen molar-refractivity contribution in [2.75, 3.05) is 6.54 Å². The highest BCUT2D eigenvalue weighted by Gasteiger charge is 2.29. The van der Waals surface area contributed by atoms with E-state index in [1.807, 2.05) is 13.8 Å². The van der Waals surface area contributed by atoms with Crippen LogP contribution in [-0.4, -0.2) is 22.9 Å². The van der Waals surface area contributed by atoms with E-state index >= 15 is 0 Å². The molecular formula is C9H14FN3O. The van der Waals surface area contributed by atoms with Crippen LogP contribution >= 0.6 is 0 Å². The maximum atomic E-state index is 12.9. The SMILES string of the molecule is CC(C)c1noc([C@H]2C[C@H](F)CN2)n1. The third-order valence-electron chi connectivity index (χ3n) is 2.35. The standard InChI is InChI=1S/C9H14FN3O/c1-5(2)8-12-9(14-13-8)7-3-6(10)4-11-7/h5-7,11H,3-4H2,1-2H3/t6-,7+/m0/s1. The Balaban J connectivity index is 2.09. The molecule has 1 saturated heterocycles. The van der Waals surface area contributed by atoms with Crippen molar-refractivity contribution in [2.45, 2.75) is 38.4 Å². The van der Waals surface area contributed by atoms with Gasteiger partial charge in [0.15, 0.2) is 5.82 Å². The Bertz CT molecular complexity index is 313. The van der Waals surface area contributed by atoms with Gasteiger partial charge in [0, 0.05) is 18.9 Å². The Kier molecular flexibility index (Phi) is 2.50. The second-order valence-corrected chi connectivity index (χ2v) is 3.94. The minimum absolute atomic E-state index is 0.106. The summed E-state index contributed by atoms with van der Waals surface area (Å²) in [5.41, 5.74) is 0. The molecule has 5 heteroatoms. The molecule has 2 rings (SSSR count). The van der Waals surface area contributed by atoms with Crippen LogP contribution < -0.4 is 5.32 Å². The van der Waals surface area contributed by atoms with Crippen LogP contribution in [0, 0.1) is 0 Å². The zero-order valence-electron chi connectivity index (χ0n) is 8.33. The Morgan fingerprint density at radius 3 is 2.86 bits per heavy atom. The van der Waals surface area contributed by atoms with Crippen molar-refractivity contribution in [1.29, 1.82) is 0 Å². The zero-order valence-corrected chi connectivity index (χ0v) is 8.33. The Morgan fingerprint density at radius 1 is 1.57 bits per heavy atom. The van der Waals surface area contributed by atoms with Gasteiger partial charge >= 0.3 is 0 Å². The van der Waals surface area contributed by atoms with Crippen molar-refractivity contribution in [3.8, 4) is 0 Å². The van der Waals surface area contributed by atoms with E-state index in [2.05, 4.69) is 15.5 Å². The molecule has 78 valence electrons. The van der Waals surface area contributed by atoms with Gasteiger partial charge in [0.2, 0.25) is 5.89 Å². The largest absolute Gasteiger partial charge is 0.338 e. The summed E-state index contributed by atoms with van der Waals surface area (Å²) in [6.45, 7) is 4.37. The molecule has 1 N–H and O–H groups in total. The average molecular weight is 199 g/mol. The van der Waals surface area contributed by atoms with Gasteiger partial charge in [0.25, 0.3) is 0 Å². The predicted octanol–water partition coefficient (Wildman–Crippen LogP) is 1.57. The summed E-state index contributed by atoms with van der Waals surface area (Å²) in [6, 6.07) is -0.106. The highest BCUT2D eigenvalue weighted by Crippen LogP contribution is 2.24. The first-order chi connectivity index (χ1) is 6.66. The van der Waals surface area contributed by atoms with Gasteiger partial charge in [-0.15, -0.1) is 0 Å². The third-order valence-corrected chi connectivity index (χ3v) is 2.35. The van der Waals surface area contributed by atoms with Crippen molar-refractivity contribution in [3.63, 3.8) is 0 Å². The Labute approximate surface area is 81.9 Å². The lowest BCUT2D eigenvalue weighted by Gasteiger charge is -2.01. The molecule has 0 radical (unpaired) electrons. The van der Waals surface area contributed by atoms with E-state index in [0.29, 0.717) is 24.7 Å². The second-order valence-electron chi connectivity index (χ2n) is 3.94. The van der Waals surface area contributed by atoms with Gasteiger partial charge < -0.3 is 9.84 Å². The van der Waals surface area contributed by atoms with Crippen LogP contribution in [0.1, 0.15) is 43.9 Å². The van der Waals surface area contributed by atoms with Gasteiger partial charge in [-0.05, 0) is 0 Å². The van der Waals surface area contributed by atoms with E-state index in [-0.39, 0.29) is 12.0 Å². The van der Waals surface area contributed by atoms with E-state index < -0.39 is 6.17 Å². The molecule has 1 aromatic heterocycles. The lowest BCUT2D eigenvalue weighted by atomic mass is 10.2. The van der Waals surface area contributed by atoms with Gasteiger partial charge in [0.05, 0.1) is 6.04 Å². The molecule has 2 atom stereocenters. The van der Waals surface area contributed by atoms with Crippen LogP contribution in [0.15, 0.2) is 4.52 Å². The van der Waals surface area contributed by atoms with Crippen molar-refractivity contribution in [2.24, 2.45) is 0 Å². The van der Waals surface area contributed by atoms with Crippen LogP contribution in [0.3, 0.4) is 0 Å². The maximum Gasteiger partial charge on any atom is 0.243 e. The number of halogens is 1. The van der Waals surface area contributed by atoms with Crippen molar-refractivity contribution < 1.29 is 8.91 Å². The number of aromatic nitrogens is 2. The summed E-state index contributed by atoms with van der Waals surface area (Å²) in [4.78, 5) is 4.22. The molecule has 1 aliphatic heterocycles. The van der Waals surface area contributed by atoms with Crippen molar-refractivity contribution in [3.05, 3.63) is 11.7 Å². The number of hydrogen-bond acceptors (Lipinski definition) is 4. The molecular weight excluding hydrogens is 185 g/mol. The zero-order chi connectivity index (χ0) is 10.1. The van der Waals surface area contributed by atoms with Crippen molar-refractivity contribution >= 4 is 0 Å². The first kappa shape index (κ1) is 9.58. The van der Waals surface area contributed by atoms with Gasteiger partial charge in [-0.1, -0.05) is 19.0 Å². The summed E-state index contributed by atoms with van der Waals surface area (Å²) in [5.74, 6) is 1.44. The Morgan fingerprint density at radius 2 is 2.36 bits per heavy atom. The summed E-state index contributed by atoms with van der Waals surface area (Å²) in [7, 11) is 0. The molecule has 2 heterocycles. The number of nitrogens with zero attached hydrogens (tertiary/aromatic N) is 2. The lowest BCUT2D eigenvalue weighted by molar-refractivity contribution is 0.322. The first-order valence-corrected chi connectivity index (χ1v) is 4.87. The predicted molar refractivity (Wildman–Crippen MR) is 48.6 cm³/mol. The normalized spacial score (nSPS) is 27.4. The highest BCUT2D eigenvalue weighted by atomic mass is 19.1. The minimum Gasteiger partial charge on any atom is -0.338 e. The molecule has 1 aromatic rings. The first-order valence-electron chi connectivity index (χ1n) is 4.87. The topological polar surface area (TPSA) is 51.0 Å².